The zero-order chi connectivity index (χ0) is 13.1. The van der Waals surface area contributed by atoms with Gasteiger partial charge < -0.3 is 10.3 Å². The Balaban J connectivity index is 2.19. The molecule has 0 spiro atoms. The minimum Gasteiger partial charge on any atom is -0.399 e. The van der Waals surface area contributed by atoms with Crippen molar-refractivity contribution in [2.75, 3.05) is 5.73 Å². The van der Waals surface area contributed by atoms with Gasteiger partial charge in [0.25, 0.3) is 0 Å². The fourth-order valence-corrected chi connectivity index (χ4v) is 1.89. The molecule has 94 valence electrons. The van der Waals surface area contributed by atoms with Gasteiger partial charge in [0.2, 0.25) is 0 Å². The Morgan fingerprint density at radius 1 is 1.44 bits per heavy atom. The molecule has 0 saturated carbocycles. The zero-order valence-corrected chi connectivity index (χ0v) is 10.7. The van der Waals surface area contributed by atoms with Crippen LogP contribution in [0.1, 0.15) is 28.7 Å². The molecule has 0 bridgehead atoms. The van der Waals surface area contributed by atoms with E-state index in [-0.39, 0.29) is 5.78 Å². The first-order valence-electron chi connectivity index (χ1n) is 6.01. The Bertz CT molecular complexity index is 572. The van der Waals surface area contributed by atoms with Gasteiger partial charge in [0.15, 0.2) is 5.78 Å². The Hall–Kier alpha value is -2.10. The van der Waals surface area contributed by atoms with E-state index in [1.165, 1.54) is 0 Å². The highest BCUT2D eigenvalue weighted by atomic mass is 16.1. The van der Waals surface area contributed by atoms with Crippen LogP contribution in [-0.4, -0.2) is 15.3 Å². The first kappa shape index (κ1) is 12.4. The summed E-state index contributed by atoms with van der Waals surface area (Å²) in [6.07, 6.45) is 3.93. The van der Waals surface area contributed by atoms with Crippen LogP contribution in [0.4, 0.5) is 5.69 Å². The summed E-state index contributed by atoms with van der Waals surface area (Å²) in [4.78, 5) is 16.4. The summed E-state index contributed by atoms with van der Waals surface area (Å²) in [5.74, 6) is 0.871. The van der Waals surface area contributed by atoms with Crippen molar-refractivity contribution in [2.45, 2.75) is 26.8 Å². The number of benzene rings is 1. The number of hydrogen-bond acceptors (Lipinski definition) is 3. The highest BCUT2D eigenvalue weighted by molar-refractivity contribution is 5.97. The van der Waals surface area contributed by atoms with Crippen LogP contribution < -0.4 is 5.73 Å². The average molecular weight is 243 g/mol. The predicted octanol–water partition coefficient (Wildman–Crippen LogP) is 2.22. The lowest BCUT2D eigenvalue weighted by Crippen LogP contribution is -2.10. The van der Waals surface area contributed by atoms with E-state index in [0.29, 0.717) is 17.7 Å². The van der Waals surface area contributed by atoms with Gasteiger partial charge in [0.05, 0.1) is 6.42 Å². The van der Waals surface area contributed by atoms with Crippen LogP contribution in [0, 0.1) is 6.92 Å². The second-order valence-corrected chi connectivity index (χ2v) is 4.30. The fraction of sp³-hybridized carbons (Fsp3) is 0.286. The molecule has 0 aliphatic rings. The molecule has 0 saturated heterocycles. The van der Waals surface area contributed by atoms with Gasteiger partial charge in [-0.2, -0.15) is 0 Å². The van der Waals surface area contributed by atoms with E-state index in [1.807, 2.05) is 30.7 Å². The molecule has 2 aromatic rings. The summed E-state index contributed by atoms with van der Waals surface area (Å²) < 4.78 is 1.97. The molecule has 4 heteroatoms. The number of aryl methyl sites for hydroxylation is 2. The third-order valence-corrected chi connectivity index (χ3v) is 3.05. The number of nitrogens with two attached hydrogens (primary N) is 1. The molecule has 2 rings (SSSR count). The van der Waals surface area contributed by atoms with Crippen molar-refractivity contribution < 1.29 is 4.79 Å². The highest BCUT2D eigenvalue weighted by Gasteiger charge is 2.11. The number of nitrogen functional groups attached to an aromatic ring is 1. The van der Waals surface area contributed by atoms with Crippen LogP contribution in [0.3, 0.4) is 0 Å². The number of carbonyl (C=O) groups excluding carboxylic acids is 1. The zero-order valence-electron chi connectivity index (χ0n) is 10.7. The summed E-state index contributed by atoms with van der Waals surface area (Å²) in [5.41, 5.74) is 8.07. The second kappa shape index (κ2) is 5.04. The van der Waals surface area contributed by atoms with Crippen molar-refractivity contribution in [3.05, 3.63) is 47.5 Å². The number of hydrogen-bond donors (Lipinski definition) is 1. The average Bonchev–Trinajstić information content (AvgIpc) is 2.79. The van der Waals surface area contributed by atoms with Gasteiger partial charge >= 0.3 is 0 Å². The summed E-state index contributed by atoms with van der Waals surface area (Å²) in [5, 5.41) is 0. The van der Waals surface area contributed by atoms with Crippen LogP contribution in [-0.2, 0) is 13.0 Å². The Labute approximate surface area is 106 Å². The lowest BCUT2D eigenvalue weighted by molar-refractivity contribution is 0.0989. The maximum absolute atomic E-state index is 12.1. The molecular weight excluding hydrogens is 226 g/mol. The molecular formula is C14H17N3O. The number of Topliss-reactive ketones (excluding diaryl/α,β-unsaturated/α-hetero) is 1. The number of anilines is 1. The van der Waals surface area contributed by atoms with E-state index >= 15 is 0 Å². The topological polar surface area (TPSA) is 60.9 Å². The lowest BCUT2D eigenvalue weighted by atomic mass is 10.0. The van der Waals surface area contributed by atoms with E-state index in [9.17, 15) is 4.79 Å². The van der Waals surface area contributed by atoms with Crippen LogP contribution in [0.5, 0.6) is 0 Å². The Morgan fingerprint density at radius 2 is 2.22 bits per heavy atom. The molecule has 1 aromatic carbocycles. The molecule has 0 atom stereocenters. The van der Waals surface area contributed by atoms with E-state index in [4.69, 9.17) is 5.73 Å². The molecule has 0 radical (unpaired) electrons. The summed E-state index contributed by atoms with van der Waals surface area (Å²) in [7, 11) is 0. The largest absolute Gasteiger partial charge is 0.399 e. The minimum absolute atomic E-state index is 0.0685. The molecule has 0 fully saturated rings. The third-order valence-electron chi connectivity index (χ3n) is 3.05. The van der Waals surface area contributed by atoms with Gasteiger partial charge in [0, 0.05) is 30.2 Å². The smallest absolute Gasteiger partial charge is 0.170 e. The van der Waals surface area contributed by atoms with Crippen LogP contribution in [0.2, 0.25) is 0 Å². The van der Waals surface area contributed by atoms with Crippen molar-refractivity contribution in [3.63, 3.8) is 0 Å². The molecule has 0 aliphatic heterocycles. The number of ketones is 1. The number of imidazole rings is 1. The monoisotopic (exact) mass is 243 g/mol. The van der Waals surface area contributed by atoms with Gasteiger partial charge in [-0.15, -0.1) is 0 Å². The van der Waals surface area contributed by atoms with Crippen LogP contribution >= 0.6 is 0 Å². The Kier molecular flexibility index (Phi) is 3.46. The molecule has 1 aromatic heterocycles. The number of carbonyl (C=O) groups is 1. The van der Waals surface area contributed by atoms with E-state index < -0.39 is 0 Å². The summed E-state index contributed by atoms with van der Waals surface area (Å²) in [6.45, 7) is 4.76. The quantitative estimate of drug-likeness (QED) is 0.661. The number of nitrogens with zero attached hydrogens (tertiary/aromatic N) is 2. The standard InChI is InChI=1S/C14H17N3O/c1-3-17-7-6-16-14(17)9-13(18)11-4-5-12(15)10(2)8-11/h4-8H,3,9,15H2,1-2H3. The van der Waals surface area contributed by atoms with E-state index in [1.54, 1.807) is 18.3 Å². The van der Waals surface area contributed by atoms with Gasteiger partial charge in [-0.1, -0.05) is 0 Å². The maximum atomic E-state index is 12.1. The van der Waals surface area contributed by atoms with Crippen molar-refractivity contribution in [2.24, 2.45) is 0 Å². The molecule has 0 amide bonds. The first-order valence-corrected chi connectivity index (χ1v) is 6.01. The van der Waals surface area contributed by atoms with Gasteiger partial charge in [-0.3, -0.25) is 4.79 Å². The molecule has 0 unspecified atom stereocenters. The second-order valence-electron chi connectivity index (χ2n) is 4.30. The summed E-state index contributed by atoms with van der Waals surface area (Å²) in [6, 6.07) is 5.37. The molecule has 0 aliphatic carbocycles. The predicted molar refractivity (Wildman–Crippen MR) is 71.5 cm³/mol. The molecule has 18 heavy (non-hydrogen) atoms. The van der Waals surface area contributed by atoms with Crippen molar-refractivity contribution in [3.8, 4) is 0 Å². The van der Waals surface area contributed by atoms with Gasteiger partial charge in [-0.05, 0) is 37.6 Å². The number of aromatic nitrogens is 2. The highest BCUT2D eigenvalue weighted by Crippen LogP contribution is 2.14. The van der Waals surface area contributed by atoms with Crippen molar-refractivity contribution >= 4 is 11.5 Å². The van der Waals surface area contributed by atoms with E-state index in [0.717, 1.165) is 17.9 Å². The van der Waals surface area contributed by atoms with Gasteiger partial charge in [0.1, 0.15) is 5.82 Å². The minimum atomic E-state index is 0.0685. The fourth-order valence-electron chi connectivity index (χ4n) is 1.89. The molecule has 4 nitrogen and oxygen atoms in total. The lowest BCUT2D eigenvalue weighted by Gasteiger charge is -2.06. The number of rotatable bonds is 4. The van der Waals surface area contributed by atoms with Crippen LogP contribution in [0.15, 0.2) is 30.6 Å². The van der Waals surface area contributed by atoms with Gasteiger partial charge in [-0.25, -0.2) is 4.98 Å². The SMILES string of the molecule is CCn1ccnc1CC(=O)c1ccc(N)c(C)c1. The van der Waals surface area contributed by atoms with Crippen molar-refractivity contribution in [1.29, 1.82) is 0 Å². The normalized spacial score (nSPS) is 10.6. The third kappa shape index (κ3) is 2.42. The molecule has 2 N–H and O–H groups in total. The van der Waals surface area contributed by atoms with E-state index in [2.05, 4.69) is 4.98 Å². The Morgan fingerprint density at radius 3 is 2.89 bits per heavy atom. The van der Waals surface area contributed by atoms with Crippen LogP contribution in [0.25, 0.3) is 0 Å². The van der Waals surface area contributed by atoms with Crippen molar-refractivity contribution in [1.82, 2.24) is 9.55 Å². The maximum Gasteiger partial charge on any atom is 0.170 e. The molecule has 1 heterocycles. The first-order chi connectivity index (χ1) is 8.61. The summed E-state index contributed by atoms with van der Waals surface area (Å²) >= 11 is 0.